The number of piperazine rings is 1. The molecule has 0 bridgehead atoms. The Morgan fingerprint density at radius 1 is 1.43 bits per heavy atom. The van der Waals surface area contributed by atoms with Gasteiger partial charge in [0.25, 0.3) is 0 Å². The molecule has 5 nitrogen and oxygen atoms in total. The van der Waals surface area contributed by atoms with Crippen molar-refractivity contribution in [1.82, 2.24) is 10.2 Å². The number of carbonyl (C=O) groups excluding carboxylic acids is 2. The summed E-state index contributed by atoms with van der Waals surface area (Å²) < 4.78 is 4.68. The Labute approximate surface area is 129 Å². The lowest BCUT2D eigenvalue weighted by Gasteiger charge is -2.34. The molecule has 0 aromatic heterocycles. The second-order valence-electron chi connectivity index (χ2n) is 4.91. The molecule has 2 rings (SSSR count). The molecule has 1 fully saturated rings. The van der Waals surface area contributed by atoms with Gasteiger partial charge in [0.2, 0.25) is 5.91 Å². The van der Waals surface area contributed by atoms with Crippen molar-refractivity contribution >= 4 is 23.6 Å². The molecule has 21 heavy (non-hydrogen) atoms. The summed E-state index contributed by atoms with van der Waals surface area (Å²) in [7, 11) is 1.34. The third kappa shape index (κ3) is 4.22. The van der Waals surface area contributed by atoms with Crippen LogP contribution in [0.4, 0.5) is 0 Å². The molecule has 1 amide bonds. The van der Waals surface area contributed by atoms with E-state index in [0.717, 1.165) is 12.1 Å². The fourth-order valence-corrected chi connectivity index (χ4v) is 2.79. The number of hydrogen-bond donors (Lipinski definition) is 1. The van der Waals surface area contributed by atoms with Gasteiger partial charge in [-0.05, 0) is 24.0 Å². The molecular weight excluding hydrogens is 288 g/mol. The number of thioether (sulfide) groups is 1. The fraction of sp³-hybridized carbons (Fsp3) is 0.467. The maximum atomic E-state index is 12.0. The summed E-state index contributed by atoms with van der Waals surface area (Å²) in [4.78, 5) is 26.7. The number of rotatable bonds is 5. The van der Waals surface area contributed by atoms with Crippen LogP contribution in [0.25, 0.3) is 0 Å². The number of amides is 1. The maximum Gasteiger partial charge on any atom is 0.307 e. The zero-order chi connectivity index (χ0) is 15.2. The molecule has 1 aliphatic rings. The van der Waals surface area contributed by atoms with Gasteiger partial charge in [-0.1, -0.05) is 12.1 Å². The summed E-state index contributed by atoms with van der Waals surface area (Å²) >= 11 is 1.70. The molecular formula is C15H20N2O3S. The van der Waals surface area contributed by atoms with E-state index < -0.39 is 6.04 Å². The summed E-state index contributed by atoms with van der Waals surface area (Å²) in [5.74, 6) is -0.466. The molecule has 1 heterocycles. The molecule has 1 aliphatic heterocycles. The number of nitrogens with one attached hydrogen (secondary N) is 1. The summed E-state index contributed by atoms with van der Waals surface area (Å²) in [6, 6.07) is 7.81. The van der Waals surface area contributed by atoms with Crippen LogP contribution in [-0.4, -0.2) is 49.3 Å². The van der Waals surface area contributed by atoms with E-state index >= 15 is 0 Å². The average molecular weight is 308 g/mol. The average Bonchev–Trinajstić information content (AvgIpc) is 2.51. The van der Waals surface area contributed by atoms with Crippen LogP contribution < -0.4 is 5.32 Å². The number of hydrogen-bond acceptors (Lipinski definition) is 5. The molecule has 6 heteroatoms. The van der Waals surface area contributed by atoms with E-state index in [4.69, 9.17) is 0 Å². The first-order chi connectivity index (χ1) is 10.1. The van der Waals surface area contributed by atoms with Gasteiger partial charge in [-0.15, -0.1) is 11.8 Å². The molecule has 0 spiro atoms. The largest absolute Gasteiger partial charge is 0.469 e. The molecule has 1 saturated heterocycles. The molecule has 114 valence electrons. The van der Waals surface area contributed by atoms with Gasteiger partial charge in [0.1, 0.15) is 6.04 Å². The van der Waals surface area contributed by atoms with Crippen LogP contribution in [0.2, 0.25) is 0 Å². The zero-order valence-electron chi connectivity index (χ0n) is 12.3. The van der Waals surface area contributed by atoms with Gasteiger partial charge >= 0.3 is 5.97 Å². The minimum atomic E-state index is -0.452. The van der Waals surface area contributed by atoms with E-state index in [9.17, 15) is 9.59 Å². The standard InChI is InChI=1S/C15H20N2O3S/c1-20-14(18)9-13-15(19)16-7-8-17(13)10-11-3-5-12(21-2)6-4-11/h3-6,13H,7-10H2,1-2H3,(H,16,19)/t13-/m1/s1. The Kier molecular flexibility index (Phi) is 5.64. The van der Waals surface area contributed by atoms with Crippen LogP contribution in [0, 0.1) is 0 Å². The van der Waals surface area contributed by atoms with Gasteiger partial charge in [0.15, 0.2) is 0 Å². The van der Waals surface area contributed by atoms with Crippen molar-refractivity contribution in [3.63, 3.8) is 0 Å². The molecule has 0 saturated carbocycles. The van der Waals surface area contributed by atoms with Gasteiger partial charge in [0, 0.05) is 24.5 Å². The third-order valence-electron chi connectivity index (χ3n) is 3.57. The highest BCUT2D eigenvalue weighted by molar-refractivity contribution is 7.98. The Balaban J connectivity index is 2.06. The molecule has 1 atom stereocenters. The Morgan fingerprint density at radius 3 is 2.76 bits per heavy atom. The Bertz CT molecular complexity index is 504. The maximum absolute atomic E-state index is 12.0. The highest BCUT2D eigenvalue weighted by Gasteiger charge is 2.31. The fourth-order valence-electron chi connectivity index (χ4n) is 2.38. The first-order valence-electron chi connectivity index (χ1n) is 6.85. The number of nitrogens with zero attached hydrogens (tertiary/aromatic N) is 1. The summed E-state index contributed by atoms with van der Waals surface area (Å²) in [6.45, 7) is 2.00. The number of benzene rings is 1. The number of carbonyl (C=O) groups is 2. The lowest BCUT2D eigenvalue weighted by molar-refractivity contribution is -0.146. The van der Waals surface area contributed by atoms with E-state index in [0.29, 0.717) is 13.1 Å². The van der Waals surface area contributed by atoms with Gasteiger partial charge in [0.05, 0.1) is 13.5 Å². The second-order valence-corrected chi connectivity index (χ2v) is 5.79. The van der Waals surface area contributed by atoms with Crippen LogP contribution in [0.5, 0.6) is 0 Å². The summed E-state index contributed by atoms with van der Waals surface area (Å²) in [6.07, 6.45) is 2.13. The van der Waals surface area contributed by atoms with E-state index in [1.165, 1.54) is 12.0 Å². The van der Waals surface area contributed by atoms with Crippen LogP contribution in [0.1, 0.15) is 12.0 Å². The van der Waals surface area contributed by atoms with Gasteiger partial charge in [-0.3, -0.25) is 14.5 Å². The molecule has 0 radical (unpaired) electrons. The van der Waals surface area contributed by atoms with Crippen LogP contribution >= 0.6 is 11.8 Å². The van der Waals surface area contributed by atoms with Gasteiger partial charge in [-0.2, -0.15) is 0 Å². The predicted molar refractivity (Wildman–Crippen MR) is 82.1 cm³/mol. The van der Waals surface area contributed by atoms with Crippen molar-refractivity contribution in [3.8, 4) is 0 Å². The molecule has 0 aliphatic carbocycles. The van der Waals surface area contributed by atoms with Crippen molar-refractivity contribution in [3.05, 3.63) is 29.8 Å². The lowest BCUT2D eigenvalue weighted by atomic mass is 10.1. The first-order valence-corrected chi connectivity index (χ1v) is 8.08. The normalized spacial score (nSPS) is 19.1. The van der Waals surface area contributed by atoms with E-state index in [1.807, 2.05) is 11.2 Å². The van der Waals surface area contributed by atoms with Crippen molar-refractivity contribution in [2.45, 2.75) is 23.9 Å². The zero-order valence-corrected chi connectivity index (χ0v) is 13.1. The number of ether oxygens (including phenoxy) is 1. The summed E-state index contributed by atoms with van der Waals surface area (Å²) in [5, 5.41) is 2.80. The van der Waals surface area contributed by atoms with Crippen molar-refractivity contribution in [2.24, 2.45) is 0 Å². The Morgan fingerprint density at radius 2 is 2.14 bits per heavy atom. The highest BCUT2D eigenvalue weighted by atomic mass is 32.2. The third-order valence-corrected chi connectivity index (χ3v) is 4.32. The van der Waals surface area contributed by atoms with E-state index in [2.05, 4.69) is 34.3 Å². The molecule has 1 aromatic carbocycles. The van der Waals surface area contributed by atoms with E-state index in [1.54, 1.807) is 11.8 Å². The predicted octanol–water partition coefficient (Wildman–Crippen LogP) is 1.27. The smallest absolute Gasteiger partial charge is 0.307 e. The number of esters is 1. The van der Waals surface area contributed by atoms with Crippen LogP contribution in [0.15, 0.2) is 29.2 Å². The number of methoxy groups -OCH3 is 1. The van der Waals surface area contributed by atoms with Crippen LogP contribution in [-0.2, 0) is 20.9 Å². The SMILES string of the molecule is COC(=O)C[C@@H]1C(=O)NCCN1Cc1ccc(SC)cc1. The van der Waals surface area contributed by atoms with Gasteiger partial charge < -0.3 is 10.1 Å². The van der Waals surface area contributed by atoms with Gasteiger partial charge in [-0.25, -0.2) is 0 Å². The van der Waals surface area contributed by atoms with E-state index in [-0.39, 0.29) is 18.3 Å². The Hall–Kier alpha value is -1.53. The molecule has 1 aromatic rings. The molecule has 1 N–H and O–H groups in total. The summed E-state index contributed by atoms with van der Waals surface area (Å²) in [5.41, 5.74) is 1.14. The second kappa shape index (κ2) is 7.47. The minimum Gasteiger partial charge on any atom is -0.469 e. The highest BCUT2D eigenvalue weighted by Crippen LogP contribution is 2.18. The van der Waals surface area contributed by atoms with Crippen molar-refractivity contribution in [2.75, 3.05) is 26.5 Å². The molecule has 0 unspecified atom stereocenters. The topological polar surface area (TPSA) is 58.6 Å². The minimum absolute atomic E-state index is 0.0885. The quantitative estimate of drug-likeness (QED) is 0.656. The van der Waals surface area contributed by atoms with Crippen molar-refractivity contribution in [1.29, 1.82) is 0 Å². The van der Waals surface area contributed by atoms with Crippen molar-refractivity contribution < 1.29 is 14.3 Å². The van der Waals surface area contributed by atoms with Crippen LogP contribution in [0.3, 0.4) is 0 Å². The first kappa shape index (κ1) is 15.9. The monoisotopic (exact) mass is 308 g/mol. The lowest BCUT2D eigenvalue weighted by Crippen LogP contribution is -2.55.